The van der Waals surface area contributed by atoms with Gasteiger partial charge in [-0.2, -0.15) is 0 Å². The first-order chi connectivity index (χ1) is 6.81. The fourth-order valence-electron chi connectivity index (χ4n) is 1.81. The Bertz CT molecular complexity index is 322. The molecule has 1 aliphatic rings. The van der Waals surface area contributed by atoms with Crippen LogP contribution in [0.4, 0.5) is 0 Å². The van der Waals surface area contributed by atoms with Gasteiger partial charge in [-0.3, -0.25) is 0 Å². The number of hydrogen-bond donors (Lipinski definition) is 0. The van der Waals surface area contributed by atoms with Gasteiger partial charge in [0.1, 0.15) is 0 Å². The fourth-order valence-corrected chi connectivity index (χ4v) is 2.55. The van der Waals surface area contributed by atoms with Crippen LogP contribution in [0.3, 0.4) is 0 Å². The topological polar surface area (TPSA) is 9.23 Å². The highest BCUT2D eigenvalue weighted by atomic mass is 79.9. The number of halogens is 1. The van der Waals surface area contributed by atoms with Gasteiger partial charge in [0.05, 0.1) is 13.2 Å². The first kappa shape index (κ1) is 10.2. The highest BCUT2D eigenvalue weighted by Gasteiger charge is 2.13. The van der Waals surface area contributed by atoms with Crippen molar-refractivity contribution in [1.29, 1.82) is 0 Å². The quantitative estimate of drug-likeness (QED) is 0.743. The molecule has 1 heterocycles. The molecule has 1 nitrogen and oxygen atoms in total. The third kappa shape index (κ3) is 2.01. The predicted octanol–water partition coefficient (Wildman–Crippen LogP) is 3.95. The van der Waals surface area contributed by atoms with Crippen LogP contribution in [0.1, 0.15) is 41.3 Å². The number of hydrogen-bond acceptors (Lipinski definition) is 1. The van der Waals surface area contributed by atoms with E-state index >= 15 is 0 Å². The van der Waals surface area contributed by atoms with Crippen LogP contribution in [0.2, 0.25) is 0 Å². The second kappa shape index (κ2) is 4.45. The van der Waals surface area contributed by atoms with Crippen molar-refractivity contribution < 1.29 is 4.74 Å². The number of benzene rings is 1. The molecule has 1 atom stereocenters. The number of fused-ring (bicyclic) bond motifs is 1. The summed E-state index contributed by atoms with van der Waals surface area (Å²) in [6.07, 6.45) is 2.41. The van der Waals surface area contributed by atoms with Crippen LogP contribution in [0.15, 0.2) is 18.2 Å². The van der Waals surface area contributed by atoms with Crippen molar-refractivity contribution >= 4 is 15.9 Å². The third-order valence-corrected chi connectivity index (χ3v) is 3.64. The first-order valence-corrected chi connectivity index (χ1v) is 6.06. The lowest BCUT2D eigenvalue weighted by Gasteiger charge is -2.09. The molecule has 76 valence electrons. The standard InChI is InChI=1S/C12H15BrO/c1-2-3-12(13)9-4-5-10-7-14-8-11(10)6-9/h4-6,12H,2-3,7-8H2,1H3. The Morgan fingerprint density at radius 1 is 1.36 bits per heavy atom. The fraction of sp³-hybridized carbons (Fsp3) is 0.500. The van der Waals surface area contributed by atoms with E-state index < -0.39 is 0 Å². The van der Waals surface area contributed by atoms with Crippen LogP contribution in [0.5, 0.6) is 0 Å². The Labute approximate surface area is 93.6 Å². The maximum atomic E-state index is 5.39. The van der Waals surface area contributed by atoms with Crippen LogP contribution in [0, 0.1) is 0 Å². The Kier molecular flexibility index (Phi) is 3.24. The van der Waals surface area contributed by atoms with Gasteiger partial charge < -0.3 is 4.74 Å². The van der Waals surface area contributed by atoms with Crippen LogP contribution >= 0.6 is 15.9 Å². The summed E-state index contributed by atoms with van der Waals surface area (Å²) in [6.45, 7) is 3.79. The number of ether oxygens (including phenoxy) is 1. The van der Waals surface area contributed by atoms with E-state index in [0.717, 1.165) is 13.2 Å². The van der Waals surface area contributed by atoms with E-state index in [4.69, 9.17) is 4.74 Å². The molecule has 0 saturated heterocycles. The summed E-state index contributed by atoms with van der Waals surface area (Å²) < 4.78 is 5.39. The van der Waals surface area contributed by atoms with Crippen molar-refractivity contribution in [2.45, 2.75) is 37.8 Å². The van der Waals surface area contributed by atoms with Gasteiger partial charge in [0.15, 0.2) is 0 Å². The minimum atomic E-state index is 0.499. The molecule has 0 spiro atoms. The lowest BCUT2D eigenvalue weighted by atomic mass is 10.0. The second-order valence-electron chi connectivity index (χ2n) is 3.78. The van der Waals surface area contributed by atoms with E-state index in [9.17, 15) is 0 Å². The van der Waals surface area contributed by atoms with Gasteiger partial charge >= 0.3 is 0 Å². The third-order valence-electron chi connectivity index (χ3n) is 2.65. The minimum absolute atomic E-state index is 0.499. The largest absolute Gasteiger partial charge is 0.372 e. The summed E-state index contributed by atoms with van der Waals surface area (Å²) in [5.74, 6) is 0. The van der Waals surface area contributed by atoms with E-state index in [1.165, 1.54) is 29.5 Å². The molecule has 0 aromatic heterocycles. The van der Waals surface area contributed by atoms with Crippen LogP contribution in [0.25, 0.3) is 0 Å². The van der Waals surface area contributed by atoms with E-state index in [2.05, 4.69) is 41.1 Å². The lowest BCUT2D eigenvalue weighted by Crippen LogP contribution is -1.92. The van der Waals surface area contributed by atoms with Gasteiger partial charge in [-0.25, -0.2) is 0 Å². The molecule has 2 rings (SSSR count). The average Bonchev–Trinajstić information content (AvgIpc) is 2.64. The normalized spacial score (nSPS) is 16.7. The van der Waals surface area contributed by atoms with Gasteiger partial charge in [-0.1, -0.05) is 47.5 Å². The maximum absolute atomic E-state index is 5.39. The Balaban J connectivity index is 2.19. The SMILES string of the molecule is CCCC(Br)c1ccc2c(c1)COC2. The van der Waals surface area contributed by atoms with Crippen molar-refractivity contribution in [2.75, 3.05) is 0 Å². The highest BCUT2D eigenvalue weighted by molar-refractivity contribution is 9.09. The maximum Gasteiger partial charge on any atom is 0.0725 e. The molecule has 0 N–H and O–H groups in total. The molecule has 2 heteroatoms. The minimum Gasteiger partial charge on any atom is -0.372 e. The lowest BCUT2D eigenvalue weighted by molar-refractivity contribution is 0.134. The van der Waals surface area contributed by atoms with Crippen molar-refractivity contribution in [2.24, 2.45) is 0 Å². The molecule has 0 saturated carbocycles. The summed E-state index contributed by atoms with van der Waals surface area (Å²) in [5, 5.41) is 0. The monoisotopic (exact) mass is 254 g/mol. The molecule has 0 amide bonds. The van der Waals surface area contributed by atoms with Gasteiger partial charge in [0, 0.05) is 4.83 Å². The summed E-state index contributed by atoms with van der Waals surface area (Å²) >= 11 is 3.71. The summed E-state index contributed by atoms with van der Waals surface area (Å²) in [7, 11) is 0. The van der Waals surface area contributed by atoms with Crippen LogP contribution in [-0.2, 0) is 18.0 Å². The highest BCUT2D eigenvalue weighted by Crippen LogP contribution is 2.31. The Morgan fingerprint density at radius 3 is 2.93 bits per heavy atom. The summed E-state index contributed by atoms with van der Waals surface area (Å²) in [5.41, 5.74) is 4.10. The molecule has 1 unspecified atom stereocenters. The zero-order valence-electron chi connectivity index (χ0n) is 8.42. The molecule has 1 aromatic rings. The zero-order chi connectivity index (χ0) is 9.97. The van der Waals surface area contributed by atoms with Crippen LogP contribution in [-0.4, -0.2) is 0 Å². The van der Waals surface area contributed by atoms with Crippen molar-refractivity contribution in [3.63, 3.8) is 0 Å². The molecule has 0 fully saturated rings. The molecule has 0 radical (unpaired) electrons. The molecule has 14 heavy (non-hydrogen) atoms. The molecule has 1 aliphatic heterocycles. The van der Waals surface area contributed by atoms with E-state index in [0.29, 0.717) is 4.83 Å². The smallest absolute Gasteiger partial charge is 0.0725 e. The van der Waals surface area contributed by atoms with Crippen molar-refractivity contribution in [1.82, 2.24) is 0 Å². The Hall–Kier alpha value is -0.340. The molecule has 0 bridgehead atoms. The number of alkyl halides is 1. The van der Waals surface area contributed by atoms with Gasteiger partial charge in [0.2, 0.25) is 0 Å². The van der Waals surface area contributed by atoms with E-state index in [1.54, 1.807) is 0 Å². The predicted molar refractivity (Wildman–Crippen MR) is 61.5 cm³/mol. The van der Waals surface area contributed by atoms with E-state index in [1.807, 2.05) is 0 Å². The molecular weight excluding hydrogens is 240 g/mol. The van der Waals surface area contributed by atoms with Crippen LogP contribution < -0.4 is 0 Å². The zero-order valence-corrected chi connectivity index (χ0v) is 10.0. The molecular formula is C12H15BrO. The Morgan fingerprint density at radius 2 is 2.14 bits per heavy atom. The van der Waals surface area contributed by atoms with Gasteiger partial charge in [-0.15, -0.1) is 0 Å². The van der Waals surface area contributed by atoms with Crippen molar-refractivity contribution in [3.8, 4) is 0 Å². The number of rotatable bonds is 3. The molecule has 0 aliphatic carbocycles. The summed E-state index contributed by atoms with van der Waals surface area (Å²) in [4.78, 5) is 0.499. The average molecular weight is 255 g/mol. The van der Waals surface area contributed by atoms with E-state index in [-0.39, 0.29) is 0 Å². The summed E-state index contributed by atoms with van der Waals surface area (Å²) in [6, 6.07) is 6.68. The second-order valence-corrected chi connectivity index (χ2v) is 4.88. The molecule has 1 aromatic carbocycles. The van der Waals surface area contributed by atoms with Crippen molar-refractivity contribution in [3.05, 3.63) is 34.9 Å². The van der Waals surface area contributed by atoms with Gasteiger partial charge in [-0.05, 0) is 23.1 Å². The first-order valence-electron chi connectivity index (χ1n) is 5.14. The van der Waals surface area contributed by atoms with Gasteiger partial charge in [0.25, 0.3) is 0 Å².